The molecule has 0 aromatic carbocycles. The Morgan fingerprint density at radius 2 is 2.12 bits per heavy atom. The number of hydrogen-bond acceptors (Lipinski definition) is 2. The minimum atomic E-state index is 0.536. The van der Waals surface area contributed by atoms with Crippen molar-refractivity contribution in [3.8, 4) is 0 Å². The van der Waals surface area contributed by atoms with Gasteiger partial charge in [-0.1, -0.05) is 12.2 Å². The molecule has 0 atom stereocenters. The first kappa shape index (κ1) is 7.40. The highest BCUT2D eigenvalue weighted by Crippen LogP contribution is 1.66. The third-order valence-electron chi connectivity index (χ3n) is 0.531. The summed E-state index contributed by atoms with van der Waals surface area (Å²) in [4.78, 5) is 4.78. The molecule has 0 aromatic rings. The lowest BCUT2D eigenvalue weighted by Gasteiger charge is -1.96. The van der Waals surface area contributed by atoms with Gasteiger partial charge < -0.3 is 0 Å². The fraction of sp³-hybridized carbons (Fsp3) is 0.333. The molecule has 0 unspecified atom stereocenters. The van der Waals surface area contributed by atoms with E-state index in [0.29, 0.717) is 13.2 Å². The number of rotatable bonds is 5. The highest BCUT2D eigenvalue weighted by molar-refractivity contribution is 4.67. The van der Waals surface area contributed by atoms with Crippen LogP contribution >= 0.6 is 0 Å². The first-order valence-electron chi connectivity index (χ1n) is 2.48. The monoisotopic (exact) mass is 113 g/mol. The van der Waals surface area contributed by atoms with E-state index in [4.69, 9.17) is 4.84 Å². The summed E-state index contributed by atoms with van der Waals surface area (Å²) in [7, 11) is 0. The van der Waals surface area contributed by atoms with Crippen molar-refractivity contribution in [3.05, 3.63) is 25.3 Å². The van der Waals surface area contributed by atoms with Crippen molar-refractivity contribution in [1.29, 1.82) is 0 Å². The Balaban J connectivity index is 2.71. The zero-order valence-electron chi connectivity index (χ0n) is 4.89. The van der Waals surface area contributed by atoms with Gasteiger partial charge in [0, 0.05) is 6.54 Å². The molecule has 1 N–H and O–H groups in total. The van der Waals surface area contributed by atoms with Gasteiger partial charge in [-0.2, -0.15) is 5.48 Å². The zero-order valence-corrected chi connectivity index (χ0v) is 4.89. The van der Waals surface area contributed by atoms with Gasteiger partial charge in [-0.05, 0) is 0 Å². The largest absolute Gasteiger partial charge is 0.297 e. The van der Waals surface area contributed by atoms with E-state index in [1.165, 1.54) is 0 Å². The normalized spacial score (nSPS) is 8.50. The van der Waals surface area contributed by atoms with Crippen molar-refractivity contribution in [3.63, 3.8) is 0 Å². The molecule has 2 nitrogen and oxygen atoms in total. The Morgan fingerprint density at radius 3 is 2.62 bits per heavy atom. The molecule has 0 saturated heterocycles. The standard InChI is InChI=1S/C6H11NO/c1-3-5-7-8-6-4-2/h3-4,7H,1-2,5-6H2. The highest BCUT2D eigenvalue weighted by Gasteiger charge is 1.74. The summed E-state index contributed by atoms with van der Waals surface area (Å²) < 4.78 is 0. The van der Waals surface area contributed by atoms with Gasteiger partial charge in [-0.25, -0.2) is 0 Å². The van der Waals surface area contributed by atoms with E-state index < -0.39 is 0 Å². The van der Waals surface area contributed by atoms with Crippen LogP contribution in [0.3, 0.4) is 0 Å². The molecule has 0 fully saturated rings. The van der Waals surface area contributed by atoms with Crippen LogP contribution in [0.15, 0.2) is 25.3 Å². The van der Waals surface area contributed by atoms with Crippen LogP contribution in [-0.2, 0) is 4.84 Å². The lowest BCUT2D eigenvalue weighted by Crippen LogP contribution is -2.13. The van der Waals surface area contributed by atoms with Gasteiger partial charge >= 0.3 is 0 Å². The molecule has 0 bridgehead atoms. The maximum Gasteiger partial charge on any atom is 0.0861 e. The van der Waals surface area contributed by atoms with E-state index in [1.54, 1.807) is 12.2 Å². The first-order valence-corrected chi connectivity index (χ1v) is 2.48. The molecule has 0 amide bonds. The molecule has 0 spiro atoms. The van der Waals surface area contributed by atoms with Crippen LogP contribution in [0.2, 0.25) is 0 Å². The lowest BCUT2D eigenvalue weighted by atomic mass is 10.7. The minimum absolute atomic E-state index is 0.536. The van der Waals surface area contributed by atoms with E-state index in [1.807, 2.05) is 0 Å². The van der Waals surface area contributed by atoms with Gasteiger partial charge in [-0.3, -0.25) is 4.84 Å². The van der Waals surface area contributed by atoms with E-state index in [-0.39, 0.29) is 0 Å². The predicted molar refractivity (Wildman–Crippen MR) is 34.3 cm³/mol. The molecule has 0 radical (unpaired) electrons. The molecule has 0 rings (SSSR count). The quantitative estimate of drug-likeness (QED) is 0.324. The molecule has 0 aliphatic carbocycles. The minimum Gasteiger partial charge on any atom is -0.297 e. The predicted octanol–water partition coefficient (Wildman–Crippen LogP) is 0.880. The van der Waals surface area contributed by atoms with Gasteiger partial charge in [0.05, 0.1) is 6.61 Å². The Kier molecular flexibility index (Phi) is 5.92. The van der Waals surface area contributed by atoms with Crippen LogP contribution in [0, 0.1) is 0 Å². The maximum absolute atomic E-state index is 4.78. The summed E-state index contributed by atoms with van der Waals surface area (Å²) >= 11 is 0. The third-order valence-corrected chi connectivity index (χ3v) is 0.531. The van der Waals surface area contributed by atoms with Gasteiger partial charge in [0.2, 0.25) is 0 Å². The average molecular weight is 113 g/mol. The van der Waals surface area contributed by atoms with Crippen molar-refractivity contribution >= 4 is 0 Å². The number of nitrogens with one attached hydrogen (secondary N) is 1. The molecule has 0 saturated carbocycles. The van der Waals surface area contributed by atoms with Gasteiger partial charge in [-0.15, -0.1) is 13.2 Å². The van der Waals surface area contributed by atoms with Crippen LogP contribution in [-0.4, -0.2) is 13.2 Å². The summed E-state index contributed by atoms with van der Waals surface area (Å²) in [5.74, 6) is 0. The number of hydroxylamine groups is 1. The van der Waals surface area contributed by atoms with Crippen molar-refractivity contribution in [2.24, 2.45) is 0 Å². The topological polar surface area (TPSA) is 21.3 Å². The van der Waals surface area contributed by atoms with Crippen LogP contribution in [0.25, 0.3) is 0 Å². The second-order valence-corrected chi connectivity index (χ2v) is 1.24. The second kappa shape index (κ2) is 6.40. The zero-order chi connectivity index (χ0) is 6.24. The Hall–Kier alpha value is -0.600. The summed E-state index contributed by atoms with van der Waals surface area (Å²) in [6, 6.07) is 0. The van der Waals surface area contributed by atoms with E-state index in [9.17, 15) is 0 Å². The smallest absolute Gasteiger partial charge is 0.0861 e. The second-order valence-electron chi connectivity index (χ2n) is 1.24. The van der Waals surface area contributed by atoms with Crippen molar-refractivity contribution < 1.29 is 4.84 Å². The van der Waals surface area contributed by atoms with Crippen molar-refractivity contribution in [2.75, 3.05) is 13.2 Å². The number of hydrogen-bond donors (Lipinski definition) is 1. The Bertz CT molecular complexity index is 60.9. The molecule has 0 aromatic heterocycles. The third kappa shape index (κ3) is 5.40. The van der Waals surface area contributed by atoms with Crippen LogP contribution < -0.4 is 5.48 Å². The fourth-order valence-corrected chi connectivity index (χ4v) is 0.236. The SMILES string of the molecule is C=CCNOCC=C. The molecule has 2 heteroatoms. The van der Waals surface area contributed by atoms with Crippen molar-refractivity contribution in [2.45, 2.75) is 0 Å². The Morgan fingerprint density at radius 1 is 1.38 bits per heavy atom. The molecule has 0 aliphatic heterocycles. The first-order chi connectivity index (χ1) is 3.91. The summed E-state index contributed by atoms with van der Waals surface area (Å²) in [5.41, 5.74) is 2.65. The van der Waals surface area contributed by atoms with Gasteiger partial charge in [0.15, 0.2) is 0 Å². The fourth-order valence-electron chi connectivity index (χ4n) is 0.236. The Labute approximate surface area is 49.8 Å². The van der Waals surface area contributed by atoms with Gasteiger partial charge in [0.25, 0.3) is 0 Å². The molecular formula is C6H11NO. The highest BCUT2D eigenvalue weighted by atomic mass is 16.6. The van der Waals surface area contributed by atoms with E-state index in [0.717, 1.165) is 0 Å². The summed E-state index contributed by atoms with van der Waals surface area (Å²) in [6.45, 7) is 8.17. The van der Waals surface area contributed by atoms with E-state index >= 15 is 0 Å². The van der Waals surface area contributed by atoms with Crippen LogP contribution in [0.4, 0.5) is 0 Å². The molecule has 0 aliphatic rings. The summed E-state index contributed by atoms with van der Waals surface area (Å²) in [6.07, 6.45) is 3.40. The van der Waals surface area contributed by atoms with Gasteiger partial charge in [0.1, 0.15) is 0 Å². The maximum atomic E-state index is 4.78. The lowest BCUT2D eigenvalue weighted by molar-refractivity contribution is 0.0709. The molecule has 0 heterocycles. The van der Waals surface area contributed by atoms with Crippen LogP contribution in [0.1, 0.15) is 0 Å². The summed E-state index contributed by atoms with van der Waals surface area (Å²) in [5, 5.41) is 0. The molecule has 8 heavy (non-hydrogen) atoms. The van der Waals surface area contributed by atoms with E-state index in [2.05, 4.69) is 18.6 Å². The van der Waals surface area contributed by atoms with Crippen molar-refractivity contribution in [1.82, 2.24) is 5.48 Å². The molecule has 46 valence electrons. The average Bonchev–Trinajstić information content (AvgIpc) is 1.81. The van der Waals surface area contributed by atoms with Crippen LogP contribution in [0.5, 0.6) is 0 Å². The molecular weight excluding hydrogens is 102 g/mol.